The number of alkyl carbamates (subject to hydrolysis) is 1. The number of amides is 2. The quantitative estimate of drug-likeness (QED) is 0.207. The van der Waals surface area contributed by atoms with Gasteiger partial charge in [-0.25, -0.2) is 9.59 Å². The Kier molecular flexibility index (Phi) is 14.1. The maximum atomic E-state index is 13.5. The van der Waals surface area contributed by atoms with E-state index in [9.17, 15) is 19.5 Å². The van der Waals surface area contributed by atoms with Crippen molar-refractivity contribution in [3.63, 3.8) is 0 Å². The average molecular weight is 559 g/mol. The van der Waals surface area contributed by atoms with Gasteiger partial charge in [-0.3, -0.25) is 4.79 Å². The first-order valence-electron chi connectivity index (χ1n) is 14.2. The van der Waals surface area contributed by atoms with Gasteiger partial charge >= 0.3 is 12.1 Å². The van der Waals surface area contributed by atoms with Crippen molar-refractivity contribution in [1.29, 1.82) is 0 Å². The van der Waals surface area contributed by atoms with E-state index in [1.807, 2.05) is 48.5 Å². The third-order valence-electron chi connectivity index (χ3n) is 7.53. The number of rotatable bonds is 14. The molecule has 0 heterocycles. The monoisotopic (exact) mass is 558 g/mol. The summed E-state index contributed by atoms with van der Waals surface area (Å²) in [7, 11) is -2.31. The molecule has 0 aromatic heterocycles. The Hall–Kier alpha value is -1.61. The molecule has 9 heteroatoms. The van der Waals surface area contributed by atoms with Gasteiger partial charge < -0.3 is 24.9 Å². The van der Waals surface area contributed by atoms with E-state index < -0.39 is 44.0 Å². The van der Waals surface area contributed by atoms with Crippen LogP contribution in [-0.2, 0) is 18.8 Å². The number of nitrogens with one attached hydrogen (secondary N) is 2. The highest BCUT2D eigenvalue weighted by atomic mass is 28.4. The third kappa shape index (κ3) is 12.5. The largest absolute Gasteiger partial charge is 0.480 e. The van der Waals surface area contributed by atoms with Crippen LogP contribution in [0.25, 0.3) is 0 Å². The summed E-state index contributed by atoms with van der Waals surface area (Å²) < 4.78 is 12.5. The van der Waals surface area contributed by atoms with E-state index >= 15 is 0 Å². The predicted molar refractivity (Wildman–Crippen MR) is 157 cm³/mol. The Bertz CT molecular complexity index is 770. The molecule has 0 bridgehead atoms. The molecular weight excluding hydrogens is 500 g/mol. The van der Waals surface area contributed by atoms with Crippen molar-refractivity contribution in [3.8, 4) is 0 Å². The Morgan fingerprint density at radius 3 is 1.79 bits per heavy atom. The van der Waals surface area contributed by atoms with E-state index in [4.69, 9.17) is 9.16 Å². The number of carbonyl (C=O) groups excluding carboxylic acids is 2. The minimum atomic E-state index is -2.31. The normalized spacial score (nSPS) is 16.9. The summed E-state index contributed by atoms with van der Waals surface area (Å²) in [6.07, 6.45) is 0.680. The van der Waals surface area contributed by atoms with Crippen LogP contribution in [0.1, 0.15) is 102 Å². The van der Waals surface area contributed by atoms with Crippen molar-refractivity contribution in [2.45, 2.75) is 144 Å². The van der Waals surface area contributed by atoms with Crippen LogP contribution >= 0.6 is 0 Å². The van der Waals surface area contributed by atoms with E-state index in [-0.39, 0.29) is 34.7 Å². The number of aliphatic carboxylic acids is 1. The molecule has 0 rings (SSSR count). The lowest BCUT2D eigenvalue weighted by Crippen LogP contribution is -2.55. The van der Waals surface area contributed by atoms with Crippen molar-refractivity contribution in [1.82, 2.24) is 10.6 Å². The van der Waals surface area contributed by atoms with Crippen LogP contribution < -0.4 is 10.6 Å². The van der Waals surface area contributed by atoms with Crippen molar-refractivity contribution >= 4 is 26.3 Å². The van der Waals surface area contributed by atoms with E-state index in [2.05, 4.69) is 58.3 Å². The zero-order valence-electron chi connectivity index (χ0n) is 26.7. The lowest BCUT2D eigenvalue weighted by Gasteiger charge is -2.43. The summed E-state index contributed by atoms with van der Waals surface area (Å²) >= 11 is 0. The van der Waals surface area contributed by atoms with E-state index in [1.165, 1.54) is 0 Å². The summed E-state index contributed by atoms with van der Waals surface area (Å²) in [5, 5.41) is 15.5. The molecule has 0 aromatic carbocycles. The minimum absolute atomic E-state index is 0.0619. The molecule has 0 saturated carbocycles. The highest BCUT2D eigenvalue weighted by Crippen LogP contribution is 2.39. The number of carboxylic acid groups (broad SMARTS) is 1. The van der Waals surface area contributed by atoms with Crippen molar-refractivity contribution in [3.05, 3.63) is 0 Å². The second-order valence-corrected chi connectivity index (χ2v) is 18.9. The number of hydrogen-bond donors (Lipinski definition) is 3. The molecule has 2 amide bonds. The van der Waals surface area contributed by atoms with Gasteiger partial charge in [-0.1, -0.05) is 68.7 Å². The van der Waals surface area contributed by atoms with Gasteiger partial charge in [0.25, 0.3) is 0 Å². The molecule has 0 radical (unpaired) electrons. The highest BCUT2D eigenvalue weighted by molar-refractivity contribution is 6.74. The molecule has 0 spiro atoms. The fourth-order valence-electron chi connectivity index (χ4n) is 4.00. The number of carboxylic acids is 1. The lowest BCUT2D eigenvalue weighted by atomic mass is 9.85. The molecule has 0 aromatic rings. The summed E-state index contributed by atoms with van der Waals surface area (Å²) in [5.41, 5.74) is -0.648. The maximum Gasteiger partial charge on any atom is 0.407 e. The first kappa shape index (κ1) is 36.4. The summed E-state index contributed by atoms with van der Waals surface area (Å²) in [4.78, 5) is 38.3. The highest BCUT2D eigenvalue weighted by Gasteiger charge is 2.43. The summed E-state index contributed by atoms with van der Waals surface area (Å²) in [6, 6.07) is -1.34. The minimum Gasteiger partial charge on any atom is -0.480 e. The molecule has 5 atom stereocenters. The summed E-state index contributed by atoms with van der Waals surface area (Å²) in [5.74, 6) is -1.83. The zero-order valence-corrected chi connectivity index (χ0v) is 27.7. The lowest BCUT2D eigenvalue weighted by molar-refractivity contribution is -0.144. The molecule has 0 aliphatic heterocycles. The van der Waals surface area contributed by atoms with Crippen LogP contribution in [0, 0.1) is 23.7 Å². The summed E-state index contributed by atoms with van der Waals surface area (Å²) in [6.45, 7) is 28.1. The van der Waals surface area contributed by atoms with Crippen LogP contribution in [0.15, 0.2) is 0 Å². The molecule has 0 unspecified atom stereocenters. The van der Waals surface area contributed by atoms with Gasteiger partial charge in [0.05, 0.1) is 12.1 Å². The van der Waals surface area contributed by atoms with Crippen molar-refractivity contribution in [2.75, 3.05) is 0 Å². The van der Waals surface area contributed by atoms with E-state index in [0.29, 0.717) is 19.3 Å². The van der Waals surface area contributed by atoms with Crippen LogP contribution in [0.2, 0.25) is 18.1 Å². The second-order valence-electron chi connectivity index (χ2n) is 14.1. The van der Waals surface area contributed by atoms with Gasteiger partial charge in [0.1, 0.15) is 11.6 Å². The molecule has 0 saturated heterocycles. The molecule has 0 aliphatic rings. The van der Waals surface area contributed by atoms with Gasteiger partial charge in [0, 0.05) is 5.92 Å². The van der Waals surface area contributed by atoms with Crippen molar-refractivity contribution in [2.24, 2.45) is 23.7 Å². The van der Waals surface area contributed by atoms with Gasteiger partial charge in [0.2, 0.25) is 5.91 Å². The number of ether oxygens (including phenoxy) is 1. The topological polar surface area (TPSA) is 114 Å². The molecule has 0 fully saturated rings. The molecule has 3 N–H and O–H groups in total. The second kappa shape index (κ2) is 14.7. The fraction of sp³-hybridized carbons (Fsp3) is 0.897. The molecular formula is C29H58N2O6Si. The van der Waals surface area contributed by atoms with Crippen LogP contribution in [-0.4, -0.2) is 55.2 Å². The van der Waals surface area contributed by atoms with Gasteiger partial charge in [-0.15, -0.1) is 0 Å². The standard InChI is InChI=1S/C29H58N2O6Si/c1-15-20(6)24(26(33)34)31-25(32)21(19(4)5)17-23(37-38(13,14)29(10,11)12)22(16-18(2)3)30-27(35)36-28(7,8)9/h18-24H,15-17H2,1-14H3,(H,30,35)(H,31,32)(H,33,34)/t20-,21-,22-,23-,24-/m0/s1. The Balaban J connectivity index is 6.40. The molecule has 8 nitrogen and oxygen atoms in total. The zero-order chi connectivity index (χ0) is 30.2. The van der Waals surface area contributed by atoms with Crippen LogP contribution in [0.5, 0.6) is 0 Å². The predicted octanol–water partition coefficient (Wildman–Crippen LogP) is 6.59. The molecule has 38 heavy (non-hydrogen) atoms. The van der Waals surface area contributed by atoms with Gasteiger partial charge in [0.15, 0.2) is 8.32 Å². The van der Waals surface area contributed by atoms with E-state index in [0.717, 1.165) is 0 Å². The maximum absolute atomic E-state index is 13.5. The van der Waals surface area contributed by atoms with E-state index in [1.54, 1.807) is 0 Å². The molecule has 0 aliphatic carbocycles. The van der Waals surface area contributed by atoms with Crippen LogP contribution in [0.3, 0.4) is 0 Å². The first-order chi connectivity index (χ1) is 17.0. The average Bonchev–Trinajstić information content (AvgIpc) is 2.70. The number of hydrogen-bond acceptors (Lipinski definition) is 5. The van der Waals surface area contributed by atoms with Gasteiger partial charge in [-0.2, -0.15) is 0 Å². The Morgan fingerprint density at radius 1 is 0.895 bits per heavy atom. The number of carbonyl (C=O) groups is 3. The third-order valence-corrected chi connectivity index (χ3v) is 12.0. The smallest absolute Gasteiger partial charge is 0.407 e. The SMILES string of the molecule is CC[C@H](C)[C@H](NC(=O)[C@@H](C[C@H](O[Si](C)(C)C(C)(C)C)[C@H](CC(C)C)NC(=O)OC(C)(C)C)C(C)C)C(=O)O. The Labute approximate surface area is 233 Å². The first-order valence-corrected chi connectivity index (χ1v) is 17.1. The van der Waals surface area contributed by atoms with Gasteiger partial charge in [-0.05, 0) is 69.5 Å². The molecule has 224 valence electrons. The Morgan fingerprint density at radius 2 is 1.42 bits per heavy atom. The fourth-order valence-corrected chi connectivity index (χ4v) is 5.37. The van der Waals surface area contributed by atoms with Crippen molar-refractivity contribution < 1.29 is 28.7 Å². The van der Waals surface area contributed by atoms with Crippen LogP contribution in [0.4, 0.5) is 4.79 Å².